The topological polar surface area (TPSA) is 75.5 Å². The number of ether oxygens (including phenoxy) is 1. The van der Waals surface area contributed by atoms with Crippen LogP contribution >= 0.6 is 11.3 Å². The molecular formula is C26H28FN3O3S. The first-order valence-corrected chi connectivity index (χ1v) is 12.4. The Morgan fingerprint density at radius 1 is 1.35 bits per heavy atom. The van der Waals surface area contributed by atoms with Gasteiger partial charge in [-0.2, -0.15) is 0 Å². The van der Waals surface area contributed by atoms with Gasteiger partial charge in [0.2, 0.25) is 0 Å². The van der Waals surface area contributed by atoms with Gasteiger partial charge in [-0.15, -0.1) is 11.3 Å². The maximum absolute atomic E-state index is 15.4. The van der Waals surface area contributed by atoms with E-state index in [0.717, 1.165) is 29.6 Å². The highest BCUT2D eigenvalue weighted by Gasteiger charge is 2.31. The molecule has 8 heteroatoms. The number of methoxy groups -OCH3 is 1. The van der Waals surface area contributed by atoms with E-state index in [9.17, 15) is 9.90 Å². The van der Waals surface area contributed by atoms with Crippen LogP contribution in [0.3, 0.4) is 0 Å². The molecule has 0 spiro atoms. The van der Waals surface area contributed by atoms with Gasteiger partial charge in [0, 0.05) is 29.9 Å². The minimum absolute atomic E-state index is 0.0196. The van der Waals surface area contributed by atoms with Crippen LogP contribution in [0.4, 0.5) is 4.39 Å². The number of carboxylic acids is 1. The molecular weight excluding hydrogens is 453 g/mol. The van der Waals surface area contributed by atoms with E-state index in [1.165, 1.54) is 11.3 Å². The second kappa shape index (κ2) is 11.4. The fraction of sp³-hybridized carbons (Fsp3) is 0.423. The molecule has 1 aliphatic rings. The Morgan fingerprint density at radius 2 is 2.24 bits per heavy atom. The molecule has 34 heavy (non-hydrogen) atoms. The largest absolute Gasteiger partial charge is 0.497 e. The number of alkyl halides is 1. The van der Waals surface area contributed by atoms with Crippen molar-refractivity contribution < 1.29 is 19.0 Å². The van der Waals surface area contributed by atoms with Crippen molar-refractivity contribution in [2.75, 3.05) is 26.7 Å². The number of benzene rings is 1. The van der Waals surface area contributed by atoms with Gasteiger partial charge in [0.25, 0.3) is 0 Å². The highest BCUT2D eigenvalue weighted by atomic mass is 32.1. The summed E-state index contributed by atoms with van der Waals surface area (Å²) in [6, 6.07) is 7.20. The quantitative estimate of drug-likeness (QED) is 0.459. The Kier molecular flexibility index (Phi) is 8.09. The van der Waals surface area contributed by atoms with Gasteiger partial charge in [0.1, 0.15) is 17.6 Å². The van der Waals surface area contributed by atoms with Crippen molar-refractivity contribution in [1.29, 1.82) is 0 Å². The highest BCUT2D eigenvalue weighted by molar-refractivity contribution is 7.07. The molecule has 0 bridgehead atoms. The fourth-order valence-electron chi connectivity index (χ4n) is 4.71. The van der Waals surface area contributed by atoms with Crippen molar-refractivity contribution in [3.63, 3.8) is 0 Å². The number of halogens is 1. The van der Waals surface area contributed by atoms with Crippen LogP contribution in [-0.4, -0.2) is 52.7 Å². The molecule has 0 radical (unpaired) electrons. The molecule has 4 rings (SSSR count). The molecule has 1 aliphatic heterocycles. The number of aromatic nitrogens is 2. The Labute approximate surface area is 202 Å². The zero-order valence-corrected chi connectivity index (χ0v) is 19.9. The maximum atomic E-state index is 15.4. The standard InChI is InChI=1S/C26H28FN3O3S/c1-33-21-5-7-25-23(14-21)22(8-10-28-25)24(27)6-4-18-9-12-30(15-19(18)13-26(31)32)11-2-3-20-16-34-17-29-20/h5,7-8,10,14,16-19,24H,4,6,9,11-13,15H2,1H3,(H,31,32)/t18-,19+,24+/m1/s1. The molecule has 0 unspecified atom stereocenters. The van der Waals surface area contributed by atoms with Gasteiger partial charge >= 0.3 is 5.97 Å². The third kappa shape index (κ3) is 6.10. The number of likely N-dealkylation sites (tertiary alicyclic amines) is 1. The zero-order chi connectivity index (χ0) is 23.9. The van der Waals surface area contributed by atoms with E-state index in [0.29, 0.717) is 37.2 Å². The summed E-state index contributed by atoms with van der Waals surface area (Å²) in [5.41, 5.74) is 3.85. The summed E-state index contributed by atoms with van der Waals surface area (Å²) in [7, 11) is 1.59. The van der Waals surface area contributed by atoms with Gasteiger partial charge in [-0.1, -0.05) is 5.92 Å². The van der Waals surface area contributed by atoms with E-state index in [4.69, 9.17) is 4.74 Å². The number of carboxylic acid groups (broad SMARTS) is 1. The van der Waals surface area contributed by atoms with E-state index in [1.54, 1.807) is 24.9 Å². The molecule has 0 aliphatic carbocycles. The summed E-state index contributed by atoms with van der Waals surface area (Å²) in [5.74, 6) is 6.19. The molecule has 1 fully saturated rings. The number of hydrogen-bond acceptors (Lipinski definition) is 6. The third-order valence-corrected chi connectivity index (χ3v) is 7.06. The van der Waals surface area contributed by atoms with E-state index in [1.807, 2.05) is 23.6 Å². The molecule has 3 aromatic rings. The van der Waals surface area contributed by atoms with Crippen LogP contribution in [0.5, 0.6) is 5.75 Å². The minimum atomic E-state index is -1.15. The Morgan fingerprint density at radius 3 is 3.00 bits per heavy atom. The van der Waals surface area contributed by atoms with Crippen molar-refractivity contribution in [3.8, 4) is 17.6 Å². The van der Waals surface area contributed by atoms with Crippen molar-refractivity contribution in [2.24, 2.45) is 11.8 Å². The Hall–Kier alpha value is -3.02. The number of hydrogen-bond donors (Lipinski definition) is 1. The molecule has 3 heterocycles. The smallest absolute Gasteiger partial charge is 0.303 e. The lowest BCUT2D eigenvalue weighted by Crippen LogP contribution is -2.41. The Bertz CT molecular complexity index is 1170. The number of thiazole rings is 1. The van der Waals surface area contributed by atoms with E-state index >= 15 is 4.39 Å². The minimum Gasteiger partial charge on any atom is -0.497 e. The second-order valence-electron chi connectivity index (χ2n) is 8.65. The van der Waals surface area contributed by atoms with Crippen LogP contribution in [0.1, 0.15) is 43.1 Å². The van der Waals surface area contributed by atoms with Gasteiger partial charge in [0.05, 0.1) is 24.7 Å². The monoisotopic (exact) mass is 481 g/mol. The maximum Gasteiger partial charge on any atom is 0.303 e. The van der Waals surface area contributed by atoms with Crippen LogP contribution in [0.15, 0.2) is 41.4 Å². The summed E-state index contributed by atoms with van der Waals surface area (Å²) < 4.78 is 20.7. The summed E-state index contributed by atoms with van der Waals surface area (Å²) in [4.78, 5) is 22.2. The predicted molar refractivity (Wildman–Crippen MR) is 131 cm³/mol. The van der Waals surface area contributed by atoms with Crippen molar-refractivity contribution in [1.82, 2.24) is 14.9 Å². The number of piperidine rings is 1. The molecule has 0 amide bonds. The summed E-state index contributed by atoms with van der Waals surface area (Å²) in [5, 5.41) is 12.1. The lowest BCUT2D eigenvalue weighted by atomic mass is 9.79. The van der Waals surface area contributed by atoms with Crippen molar-refractivity contribution in [2.45, 2.75) is 31.9 Å². The zero-order valence-electron chi connectivity index (χ0n) is 19.1. The molecule has 3 atom stereocenters. The molecule has 1 N–H and O–H groups in total. The number of pyridine rings is 1. The van der Waals surface area contributed by atoms with Crippen molar-refractivity contribution >= 4 is 28.2 Å². The van der Waals surface area contributed by atoms with Gasteiger partial charge < -0.3 is 9.84 Å². The predicted octanol–water partition coefficient (Wildman–Crippen LogP) is 4.96. The number of nitrogens with zero attached hydrogens (tertiary/aromatic N) is 3. The van der Waals surface area contributed by atoms with Crippen molar-refractivity contribution in [3.05, 3.63) is 52.6 Å². The van der Waals surface area contributed by atoms with Crippen LogP contribution in [0, 0.1) is 23.7 Å². The van der Waals surface area contributed by atoms with Gasteiger partial charge in [-0.25, -0.2) is 9.37 Å². The molecule has 178 valence electrons. The number of fused-ring (bicyclic) bond motifs is 1. The van der Waals surface area contributed by atoms with Crippen LogP contribution in [-0.2, 0) is 4.79 Å². The molecule has 1 saturated heterocycles. The van der Waals surface area contributed by atoms with E-state index in [-0.39, 0.29) is 18.3 Å². The fourth-order valence-corrected chi connectivity index (χ4v) is 5.20. The first-order valence-electron chi connectivity index (χ1n) is 11.4. The first kappa shape index (κ1) is 24.1. The van der Waals surface area contributed by atoms with Gasteiger partial charge in [0.15, 0.2) is 0 Å². The lowest BCUT2D eigenvalue weighted by molar-refractivity contribution is -0.139. The Balaban J connectivity index is 1.39. The van der Waals surface area contributed by atoms with Gasteiger partial charge in [-0.3, -0.25) is 14.7 Å². The normalized spacial score (nSPS) is 19.4. The highest BCUT2D eigenvalue weighted by Crippen LogP contribution is 2.36. The summed E-state index contributed by atoms with van der Waals surface area (Å²) in [6.45, 7) is 2.07. The molecule has 6 nitrogen and oxygen atoms in total. The lowest BCUT2D eigenvalue weighted by Gasteiger charge is -2.37. The molecule has 1 aromatic carbocycles. The molecule has 2 aromatic heterocycles. The third-order valence-electron chi connectivity index (χ3n) is 6.47. The second-order valence-corrected chi connectivity index (χ2v) is 9.36. The van der Waals surface area contributed by atoms with Crippen LogP contribution in [0.2, 0.25) is 0 Å². The number of rotatable bonds is 8. The average Bonchev–Trinajstić information content (AvgIpc) is 3.36. The van der Waals surface area contributed by atoms with Gasteiger partial charge in [-0.05, 0) is 73.4 Å². The summed E-state index contributed by atoms with van der Waals surface area (Å²) >= 11 is 1.51. The van der Waals surface area contributed by atoms with Crippen LogP contribution in [0.25, 0.3) is 10.9 Å². The van der Waals surface area contributed by atoms with E-state index in [2.05, 4.69) is 26.7 Å². The molecule has 0 saturated carbocycles. The van der Waals surface area contributed by atoms with E-state index < -0.39 is 12.1 Å². The summed E-state index contributed by atoms with van der Waals surface area (Å²) in [6.07, 6.45) is 2.41. The van der Waals surface area contributed by atoms with Crippen LogP contribution < -0.4 is 4.74 Å². The first-order chi connectivity index (χ1) is 16.5. The average molecular weight is 482 g/mol. The SMILES string of the molecule is COc1ccc2nccc([C@@H](F)CC[C@@H]3CCN(CC#Cc4cscn4)C[C@@H]3CC(=O)O)c2c1. The number of aliphatic carboxylic acids is 1. The number of carbonyl (C=O) groups is 1.